The van der Waals surface area contributed by atoms with Crippen LogP contribution >= 0.6 is 11.3 Å². The van der Waals surface area contributed by atoms with Crippen molar-refractivity contribution in [2.75, 3.05) is 11.9 Å². The van der Waals surface area contributed by atoms with Crippen LogP contribution < -0.4 is 10.6 Å². The SMILES string of the molecule is Cc1nc(N(C)Cc2ccccn2)sc1CN. The van der Waals surface area contributed by atoms with Crippen molar-refractivity contribution in [2.24, 2.45) is 5.73 Å². The van der Waals surface area contributed by atoms with Crippen LogP contribution in [0.25, 0.3) is 0 Å². The van der Waals surface area contributed by atoms with Crippen LogP contribution in [0.4, 0.5) is 5.13 Å². The zero-order valence-corrected chi connectivity index (χ0v) is 10.9. The number of anilines is 1. The molecule has 0 bridgehead atoms. The van der Waals surface area contributed by atoms with Gasteiger partial charge in [0.2, 0.25) is 0 Å². The normalized spacial score (nSPS) is 10.5. The molecule has 0 unspecified atom stereocenters. The van der Waals surface area contributed by atoms with E-state index in [1.165, 1.54) is 0 Å². The van der Waals surface area contributed by atoms with Crippen LogP contribution in [0.3, 0.4) is 0 Å². The molecule has 0 radical (unpaired) electrons. The van der Waals surface area contributed by atoms with Crippen molar-refractivity contribution in [3.05, 3.63) is 40.7 Å². The maximum Gasteiger partial charge on any atom is 0.185 e. The molecule has 2 aromatic heterocycles. The largest absolute Gasteiger partial charge is 0.345 e. The molecule has 0 aliphatic carbocycles. The monoisotopic (exact) mass is 248 g/mol. The number of aryl methyl sites for hydroxylation is 1. The van der Waals surface area contributed by atoms with E-state index >= 15 is 0 Å². The van der Waals surface area contributed by atoms with Crippen LogP contribution in [0.1, 0.15) is 16.3 Å². The maximum atomic E-state index is 5.66. The minimum absolute atomic E-state index is 0.556. The highest BCUT2D eigenvalue weighted by Crippen LogP contribution is 2.25. The summed E-state index contributed by atoms with van der Waals surface area (Å²) in [5, 5.41) is 0.994. The molecule has 0 saturated heterocycles. The van der Waals surface area contributed by atoms with Gasteiger partial charge in [0, 0.05) is 24.7 Å². The van der Waals surface area contributed by atoms with Gasteiger partial charge in [-0.15, -0.1) is 11.3 Å². The fraction of sp³-hybridized carbons (Fsp3) is 0.333. The average molecular weight is 248 g/mol. The zero-order valence-electron chi connectivity index (χ0n) is 10.1. The van der Waals surface area contributed by atoms with Crippen molar-refractivity contribution in [3.63, 3.8) is 0 Å². The van der Waals surface area contributed by atoms with Crippen LogP contribution in [0, 0.1) is 6.92 Å². The van der Waals surface area contributed by atoms with Gasteiger partial charge in [-0.3, -0.25) is 4.98 Å². The Morgan fingerprint density at radius 3 is 2.82 bits per heavy atom. The first kappa shape index (κ1) is 12.0. The molecular weight excluding hydrogens is 232 g/mol. The predicted molar refractivity (Wildman–Crippen MR) is 71.1 cm³/mol. The van der Waals surface area contributed by atoms with E-state index in [1.54, 1.807) is 11.3 Å². The summed E-state index contributed by atoms with van der Waals surface area (Å²) >= 11 is 1.65. The number of hydrogen-bond acceptors (Lipinski definition) is 5. The molecule has 2 rings (SSSR count). The van der Waals surface area contributed by atoms with Gasteiger partial charge in [-0.05, 0) is 19.1 Å². The van der Waals surface area contributed by atoms with E-state index in [2.05, 4.69) is 14.9 Å². The van der Waals surface area contributed by atoms with Crippen molar-refractivity contribution in [1.29, 1.82) is 0 Å². The van der Waals surface area contributed by atoms with Gasteiger partial charge in [-0.25, -0.2) is 4.98 Å². The number of nitrogens with two attached hydrogens (primary N) is 1. The Labute approximate surface area is 105 Å². The Morgan fingerprint density at radius 1 is 1.41 bits per heavy atom. The molecule has 2 heterocycles. The molecule has 90 valence electrons. The van der Waals surface area contributed by atoms with E-state index in [9.17, 15) is 0 Å². The molecule has 0 saturated carbocycles. The van der Waals surface area contributed by atoms with Gasteiger partial charge in [0.05, 0.1) is 17.9 Å². The van der Waals surface area contributed by atoms with E-state index in [-0.39, 0.29) is 0 Å². The summed E-state index contributed by atoms with van der Waals surface area (Å²) in [6.45, 7) is 3.32. The minimum atomic E-state index is 0.556. The lowest BCUT2D eigenvalue weighted by molar-refractivity contribution is 0.876. The highest BCUT2D eigenvalue weighted by Gasteiger charge is 2.10. The van der Waals surface area contributed by atoms with Crippen molar-refractivity contribution in [3.8, 4) is 0 Å². The Kier molecular flexibility index (Phi) is 3.71. The second kappa shape index (κ2) is 5.25. The van der Waals surface area contributed by atoms with Gasteiger partial charge in [-0.1, -0.05) is 6.07 Å². The quantitative estimate of drug-likeness (QED) is 0.898. The summed E-state index contributed by atoms with van der Waals surface area (Å²) in [4.78, 5) is 12.1. The fourth-order valence-electron chi connectivity index (χ4n) is 1.57. The lowest BCUT2D eigenvalue weighted by Crippen LogP contribution is -2.16. The third kappa shape index (κ3) is 2.81. The Balaban J connectivity index is 2.12. The van der Waals surface area contributed by atoms with E-state index in [0.717, 1.165) is 27.9 Å². The molecule has 0 aromatic carbocycles. The molecular formula is C12H16N4S. The molecule has 17 heavy (non-hydrogen) atoms. The smallest absolute Gasteiger partial charge is 0.185 e. The third-order valence-electron chi connectivity index (χ3n) is 2.52. The summed E-state index contributed by atoms with van der Waals surface area (Å²) in [6.07, 6.45) is 1.81. The Hall–Kier alpha value is -1.46. The second-order valence-electron chi connectivity index (χ2n) is 3.89. The third-order valence-corrected chi connectivity index (χ3v) is 3.81. The summed E-state index contributed by atoms with van der Waals surface area (Å²) in [5.41, 5.74) is 7.72. The molecule has 0 aliphatic heterocycles. The van der Waals surface area contributed by atoms with E-state index < -0.39 is 0 Å². The average Bonchev–Trinajstić information content (AvgIpc) is 2.72. The molecule has 2 N–H and O–H groups in total. The van der Waals surface area contributed by atoms with E-state index in [1.807, 2.05) is 38.4 Å². The van der Waals surface area contributed by atoms with Crippen LogP contribution in [-0.2, 0) is 13.1 Å². The van der Waals surface area contributed by atoms with Crippen LogP contribution in [0.5, 0.6) is 0 Å². The van der Waals surface area contributed by atoms with Crippen LogP contribution in [-0.4, -0.2) is 17.0 Å². The summed E-state index contributed by atoms with van der Waals surface area (Å²) in [6, 6.07) is 5.93. The van der Waals surface area contributed by atoms with Crippen LogP contribution in [0.2, 0.25) is 0 Å². The van der Waals surface area contributed by atoms with Crippen LogP contribution in [0.15, 0.2) is 24.4 Å². The number of pyridine rings is 1. The van der Waals surface area contributed by atoms with Crippen molar-refractivity contribution < 1.29 is 0 Å². The molecule has 4 nitrogen and oxygen atoms in total. The van der Waals surface area contributed by atoms with Gasteiger partial charge in [0.15, 0.2) is 5.13 Å². The molecule has 0 aliphatic rings. The molecule has 5 heteroatoms. The first-order valence-electron chi connectivity index (χ1n) is 5.48. The van der Waals surface area contributed by atoms with E-state index in [4.69, 9.17) is 5.73 Å². The standard InChI is InChI=1S/C12H16N4S/c1-9-11(7-13)17-12(15-9)16(2)8-10-5-3-4-6-14-10/h3-6H,7-8,13H2,1-2H3. The summed E-state index contributed by atoms with van der Waals surface area (Å²) in [5.74, 6) is 0. The number of rotatable bonds is 4. The van der Waals surface area contributed by atoms with Gasteiger partial charge < -0.3 is 10.6 Å². The molecule has 0 amide bonds. The van der Waals surface area contributed by atoms with Gasteiger partial charge in [0.1, 0.15) is 0 Å². The second-order valence-corrected chi connectivity index (χ2v) is 4.95. The van der Waals surface area contributed by atoms with Crippen molar-refractivity contribution in [2.45, 2.75) is 20.0 Å². The summed E-state index contributed by atoms with van der Waals surface area (Å²) < 4.78 is 0. The van der Waals surface area contributed by atoms with E-state index in [0.29, 0.717) is 6.54 Å². The molecule has 0 fully saturated rings. The van der Waals surface area contributed by atoms with Crippen molar-refractivity contribution >= 4 is 16.5 Å². The highest BCUT2D eigenvalue weighted by atomic mass is 32.1. The Morgan fingerprint density at radius 2 is 2.24 bits per heavy atom. The number of nitrogens with zero attached hydrogens (tertiary/aromatic N) is 3. The minimum Gasteiger partial charge on any atom is -0.345 e. The highest BCUT2D eigenvalue weighted by molar-refractivity contribution is 7.15. The topological polar surface area (TPSA) is 55.0 Å². The van der Waals surface area contributed by atoms with Gasteiger partial charge >= 0.3 is 0 Å². The lowest BCUT2D eigenvalue weighted by atomic mass is 10.3. The first-order valence-corrected chi connectivity index (χ1v) is 6.29. The number of thiazole rings is 1. The molecule has 2 aromatic rings. The van der Waals surface area contributed by atoms with Crippen molar-refractivity contribution in [1.82, 2.24) is 9.97 Å². The number of hydrogen-bond donors (Lipinski definition) is 1. The van der Waals surface area contributed by atoms with Gasteiger partial charge in [0.25, 0.3) is 0 Å². The molecule has 0 spiro atoms. The number of aromatic nitrogens is 2. The zero-order chi connectivity index (χ0) is 12.3. The summed E-state index contributed by atoms with van der Waals surface area (Å²) in [7, 11) is 2.02. The lowest BCUT2D eigenvalue weighted by Gasteiger charge is -2.14. The van der Waals surface area contributed by atoms with Gasteiger partial charge in [-0.2, -0.15) is 0 Å². The first-order chi connectivity index (χ1) is 8.20. The maximum absolute atomic E-state index is 5.66. The Bertz CT molecular complexity index is 481. The molecule has 0 atom stereocenters. The predicted octanol–water partition coefficient (Wildman–Crippen LogP) is 1.94. The fourth-order valence-corrected chi connectivity index (χ4v) is 2.47.